The lowest BCUT2D eigenvalue weighted by Crippen LogP contribution is -2.10. The van der Waals surface area contributed by atoms with Crippen LogP contribution in [0.5, 0.6) is 11.6 Å². The molecule has 0 spiro atoms. The van der Waals surface area contributed by atoms with Crippen LogP contribution in [0.2, 0.25) is 0 Å². The first-order valence-electron chi connectivity index (χ1n) is 7.65. The van der Waals surface area contributed by atoms with Crippen LogP contribution in [0.15, 0.2) is 78.1 Å². The van der Waals surface area contributed by atoms with E-state index >= 15 is 0 Å². The number of ether oxygens (including phenoxy) is 1. The number of nitrogens with one attached hydrogen (secondary N) is 1. The number of nitrogens with zero attached hydrogens (tertiary/aromatic N) is 2. The number of halogens is 1. The first kappa shape index (κ1) is 17.1. The molecule has 0 saturated heterocycles. The molecule has 0 bridgehead atoms. The van der Waals surface area contributed by atoms with Gasteiger partial charge in [0.2, 0.25) is 5.88 Å². The monoisotopic (exact) mass is 351 g/mol. The van der Waals surface area contributed by atoms with Gasteiger partial charge in [-0.1, -0.05) is 23.4 Å². The molecule has 0 unspecified atom stereocenters. The van der Waals surface area contributed by atoms with Crippen molar-refractivity contribution in [2.24, 2.45) is 5.16 Å². The lowest BCUT2D eigenvalue weighted by atomic mass is 10.2. The molecule has 3 rings (SSSR count). The number of carbonyl (C=O) groups excluding carboxylic acids is 1. The van der Waals surface area contributed by atoms with Crippen LogP contribution in [-0.4, -0.2) is 17.3 Å². The summed E-state index contributed by atoms with van der Waals surface area (Å²) in [7, 11) is 0. The van der Waals surface area contributed by atoms with Crippen molar-refractivity contribution in [3.05, 3.63) is 84.3 Å². The largest absolute Gasteiger partial charge is 0.439 e. The molecule has 0 aliphatic rings. The van der Waals surface area contributed by atoms with Crippen molar-refractivity contribution < 1.29 is 18.8 Å². The summed E-state index contributed by atoms with van der Waals surface area (Å²) in [5.41, 5.74) is 1.12. The SMILES string of the molecule is O=C(Nc1ccc(Oc2ccccn2)cc1)ON=Cc1ccc(F)cc1. The molecule has 3 aromatic rings. The van der Waals surface area contributed by atoms with E-state index in [-0.39, 0.29) is 5.82 Å². The Labute approximate surface area is 148 Å². The van der Waals surface area contributed by atoms with Gasteiger partial charge in [-0.3, -0.25) is 10.2 Å². The molecule has 0 fully saturated rings. The molecule has 0 radical (unpaired) electrons. The van der Waals surface area contributed by atoms with Crippen molar-refractivity contribution in [3.63, 3.8) is 0 Å². The quantitative estimate of drug-likeness (QED) is 0.414. The Kier molecular flexibility index (Phi) is 5.51. The van der Waals surface area contributed by atoms with Gasteiger partial charge in [0, 0.05) is 18.0 Å². The van der Waals surface area contributed by atoms with Gasteiger partial charge in [-0.05, 0) is 48.0 Å². The van der Waals surface area contributed by atoms with Crippen LogP contribution in [0.1, 0.15) is 5.56 Å². The molecule has 2 aromatic carbocycles. The zero-order valence-electron chi connectivity index (χ0n) is 13.5. The van der Waals surface area contributed by atoms with Crippen molar-refractivity contribution in [1.82, 2.24) is 4.98 Å². The number of benzene rings is 2. The highest BCUT2D eigenvalue weighted by Crippen LogP contribution is 2.21. The fourth-order valence-electron chi connectivity index (χ4n) is 1.96. The van der Waals surface area contributed by atoms with Gasteiger partial charge in [-0.2, -0.15) is 0 Å². The maximum Gasteiger partial charge on any atom is 0.437 e. The van der Waals surface area contributed by atoms with Crippen LogP contribution in [0.25, 0.3) is 0 Å². The number of oxime groups is 1. The van der Waals surface area contributed by atoms with Gasteiger partial charge in [0.05, 0.1) is 6.21 Å². The molecule has 26 heavy (non-hydrogen) atoms. The van der Waals surface area contributed by atoms with Crippen LogP contribution in [0.4, 0.5) is 14.9 Å². The van der Waals surface area contributed by atoms with Crippen molar-refractivity contribution in [3.8, 4) is 11.6 Å². The molecule has 6 nitrogen and oxygen atoms in total. The second-order valence-electron chi connectivity index (χ2n) is 5.08. The Morgan fingerprint density at radius 1 is 1.04 bits per heavy atom. The zero-order chi connectivity index (χ0) is 18.2. The predicted molar refractivity (Wildman–Crippen MR) is 94.9 cm³/mol. The van der Waals surface area contributed by atoms with Gasteiger partial charge in [0.1, 0.15) is 11.6 Å². The average Bonchev–Trinajstić information content (AvgIpc) is 2.66. The molecule has 1 N–H and O–H groups in total. The summed E-state index contributed by atoms with van der Waals surface area (Å²) in [6.45, 7) is 0. The first-order chi connectivity index (χ1) is 12.7. The summed E-state index contributed by atoms with van der Waals surface area (Å²) in [5, 5.41) is 6.07. The molecule has 1 aromatic heterocycles. The maximum absolute atomic E-state index is 12.8. The molecule has 0 aliphatic heterocycles. The highest BCUT2D eigenvalue weighted by molar-refractivity contribution is 5.85. The number of aromatic nitrogens is 1. The van der Waals surface area contributed by atoms with Gasteiger partial charge in [0.15, 0.2) is 0 Å². The number of hydrogen-bond donors (Lipinski definition) is 1. The Morgan fingerprint density at radius 2 is 1.81 bits per heavy atom. The number of anilines is 1. The van der Waals surface area contributed by atoms with E-state index in [1.54, 1.807) is 42.6 Å². The zero-order valence-corrected chi connectivity index (χ0v) is 13.5. The molecule has 7 heteroatoms. The van der Waals surface area contributed by atoms with E-state index in [9.17, 15) is 9.18 Å². The van der Waals surface area contributed by atoms with E-state index in [1.165, 1.54) is 30.5 Å². The van der Waals surface area contributed by atoms with E-state index < -0.39 is 6.09 Å². The van der Waals surface area contributed by atoms with Crippen LogP contribution < -0.4 is 10.1 Å². The Bertz CT molecular complexity index is 882. The Balaban J connectivity index is 1.50. The van der Waals surface area contributed by atoms with Crippen LogP contribution >= 0.6 is 0 Å². The Morgan fingerprint density at radius 3 is 2.50 bits per heavy atom. The minimum Gasteiger partial charge on any atom is -0.439 e. The second kappa shape index (κ2) is 8.39. The van der Waals surface area contributed by atoms with E-state index in [0.29, 0.717) is 22.9 Å². The third-order valence-corrected chi connectivity index (χ3v) is 3.17. The minimum atomic E-state index is -0.748. The summed E-state index contributed by atoms with van der Waals surface area (Å²) in [4.78, 5) is 20.4. The smallest absolute Gasteiger partial charge is 0.437 e. The minimum absolute atomic E-state index is 0.351. The van der Waals surface area contributed by atoms with Crippen LogP contribution in [0.3, 0.4) is 0 Å². The summed E-state index contributed by atoms with van der Waals surface area (Å²) in [5.74, 6) is 0.705. The molecule has 0 aliphatic carbocycles. The van der Waals surface area contributed by atoms with Crippen molar-refractivity contribution in [2.45, 2.75) is 0 Å². The summed E-state index contributed by atoms with van der Waals surface area (Å²) < 4.78 is 18.3. The van der Waals surface area contributed by atoms with Crippen molar-refractivity contribution in [1.29, 1.82) is 0 Å². The third-order valence-electron chi connectivity index (χ3n) is 3.17. The number of pyridine rings is 1. The van der Waals surface area contributed by atoms with Gasteiger partial charge in [-0.25, -0.2) is 14.2 Å². The number of carbonyl (C=O) groups is 1. The molecular weight excluding hydrogens is 337 g/mol. The first-order valence-corrected chi connectivity index (χ1v) is 7.65. The standard InChI is InChI=1S/C19H14FN3O3/c20-15-6-4-14(5-7-15)13-22-26-19(24)23-16-8-10-17(11-9-16)25-18-3-1-2-12-21-18/h1-13H,(H,23,24). The summed E-state index contributed by atoms with van der Waals surface area (Å²) in [6, 6.07) is 17.6. The van der Waals surface area contributed by atoms with Crippen LogP contribution in [0, 0.1) is 5.82 Å². The third kappa shape index (κ3) is 5.13. The average molecular weight is 351 g/mol. The molecule has 0 atom stereocenters. The highest BCUT2D eigenvalue weighted by atomic mass is 19.1. The fourth-order valence-corrected chi connectivity index (χ4v) is 1.96. The van der Waals surface area contributed by atoms with E-state index in [4.69, 9.17) is 9.57 Å². The molecular formula is C19H14FN3O3. The lowest BCUT2D eigenvalue weighted by molar-refractivity contribution is 0.167. The van der Waals surface area contributed by atoms with Gasteiger partial charge < -0.3 is 4.74 Å². The number of amides is 1. The molecule has 0 saturated carbocycles. The van der Waals surface area contributed by atoms with Crippen molar-refractivity contribution >= 4 is 18.0 Å². The van der Waals surface area contributed by atoms with E-state index in [2.05, 4.69) is 15.5 Å². The normalized spacial score (nSPS) is 10.5. The fraction of sp³-hybridized carbons (Fsp3) is 0. The summed E-state index contributed by atoms with van der Waals surface area (Å²) >= 11 is 0. The number of rotatable bonds is 5. The molecule has 130 valence electrons. The summed E-state index contributed by atoms with van der Waals surface area (Å²) in [6.07, 6.45) is 2.19. The molecule has 1 amide bonds. The Hall–Kier alpha value is -3.74. The van der Waals surface area contributed by atoms with Gasteiger partial charge >= 0.3 is 6.09 Å². The molecule has 1 heterocycles. The predicted octanol–water partition coefficient (Wildman–Crippen LogP) is 4.60. The van der Waals surface area contributed by atoms with Gasteiger partial charge in [-0.15, -0.1) is 0 Å². The number of hydrogen-bond acceptors (Lipinski definition) is 5. The van der Waals surface area contributed by atoms with Crippen LogP contribution in [-0.2, 0) is 4.84 Å². The van der Waals surface area contributed by atoms with Gasteiger partial charge in [0.25, 0.3) is 0 Å². The van der Waals surface area contributed by atoms with E-state index in [1.807, 2.05) is 6.07 Å². The highest BCUT2D eigenvalue weighted by Gasteiger charge is 2.04. The second-order valence-corrected chi connectivity index (χ2v) is 5.08. The maximum atomic E-state index is 12.8. The lowest BCUT2D eigenvalue weighted by Gasteiger charge is -2.06. The van der Waals surface area contributed by atoms with Crippen molar-refractivity contribution in [2.75, 3.05) is 5.32 Å². The van der Waals surface area contributed by atoms with E-state index in [0.717, 1.165) is 0 Å². The topological polar surface area (TPSA) is 72.8 Å².